The first-order valence-corrected chi connectivity index (χ1v) is 6.72. The molecule has 1 aliphatic heterocycles. The van der Waals surface area contributed by atoms with Gasteiger partial charge in [-0.1, -0.05) is 0 Å². The molecule has 2 aliphatic rings. The average Bonchev–Trinajstić information content (AvgIpc) is 3.09. The predicted molar refractivity (Wildman–Crippen MR) is 66.9 cm³/mol. The van der Waals surface area contributed by atoms with Crippen molar-refractivity contribution in [3.63, 3.8) is 0 Å². The van der Waals surface area contributed by atoms with E-state index in [2.05, 4.69) is 16.3 Å². The molecular weight excluding hydrogens is 230 g/mol. The van der Waals surface area contributed by atoms with Crippen LogP contribution in [0.25, 0.3) is 0 Å². The summed E-state index contributed by atoms with van der Waals surface area (Å²) >= 11 is 0. The first kappa shape index (κ1) is 13.3. The third-order valence-corrected chi connectivity index (χ3v) is 3.76. The lowest BCUT2D eigenvalue weighted by molar-refractivity contribution is -0.138. The van der Waals surface area contributed by atoms with Crippen LogP contribution >= 0.6 is 0 Å². The van der Waals surface area contributed by atoms with E-state index in [4.69, 9.17) is 10.4 Å². The van der Waals surface area contributed by atoms with E-state index in [-0.39, 0.29) is 12.3 Å². The van der Waals surface area contributed by atoms with Gasteiger partial charge in [-0.15, -0.1) is 0 Å². The van der Waals surface area contributed by atoms with Crippen LogP contribution in [-0.2, 0) is 4.79 Å². The van der Waals surface area contributed by atoms with Gasteiger partial charge in [0.1, 0.15) is 0 Å². The molecule has 1 saturated carbocycles. The number of likely N-dealkylation sites (tertiary alicyclic amines) is 1. The quantitative estimate of drug-likeness (QED) is 0.679. The smallest absolute Gasteiger partial charge is 0.303 e. The van der Waals surface area contributed by atoms with Crippen molar-refractivity contribution >= 4 is 5.97 Å². The number of aliphatic carboxylic acids is 1. The van der Waals surface area contributed by atoms with Crippen molar-refractivity contribution in [1.29, 1.82) is 5.26 Å². The van der Waals surface area contributed by atoms with Crippen LogP contribution in [0.4, 0.5) is 0 Å². The molecule has 2 unspecified atom stereocenters. The molecule has 2 atom stereocenters. The lowest BCUT2D eigenvalue weighted by Gasteiger charge is -2.36. The molecule has 18 heavy (non-hydrogen) atoms. The van der Waals surface area contributed by atoms with Crippen molar-refractivity contribution in [2.45, 2.75) is 31.7 Å². The maximum atomic E-state index is 10.8. The van der Waals surface area contributed by atoms with Crippen LogP contribution in [0, 0.1) is 23.2 Å². The summed E-state index contributed by atoms with van der Waals surface area (Å²) < 4.78 is 0. The Bertz CT molecular complexity index is 336. The zero-order chi connectivity index (χ0) is 13.0. The number of carbonyl (C=O) groups is 1. The fourth-order valence-electron chi connectivity index (χ4n) is 2.73. The summed E-state index contributed by atoms with van der Waals surface area (Å²) in [6.45, 7) is 3.06. The number of nitrogens with zero attached hydrogens (tertiary/aromatic N) is 2. The summed E-state index contributed by atoms with van der Waals surface area (Å²) in [7, 11) is 0. The largest absolute Gasteiger partial charge is 0.481 e. The van der Waals surface area contributed by atoms with Crippen LogP contribution in [-0.4, -0.2) is 48.2 Å². The molecule has 5 nitrogen and oxygen atoms in total. The molecule has 2 N–H and O–H groups in total. The number of hydrogen-bond donors (Lipinski definition) is 2. The number of carboxylic acids is 1. The summed E-state index contributed by atoms with van der Waals surface area (Å²) in [5.41, 5.74) is 0. The van der Waals surface area contributed by atoms with E-state index in [0.717, 1.165) is 32.0 Å². The fourth-order valence-corrected chi connectivity index (χ4v) is 2.73. The van der Waals surface area contributed by atoms with E-state index >= 15 is 0 Å². The normalized spacial score (nSPS) is 28.8. The molecule has 0 amide bonds. The lowest BCUT2D eigenvalue weighted by atomic mass is 9.91. The Hall–Kier alpha value is -1.12. The van der Waals surface area contributed by atoms with Gasteiger partial charge in [-0.25, -0.2) is 0 Å². The van der Waals surface area contributed by atoms with Gasteiger partial charge in [-0.3, -0.25) is 9.69 Å². The Morgan fingerprint density at radius 2 is 2.17 bits per heavy atom. The molecule has 100 valence electrons. The predicted octanol–water partition coefficient (Wildman–Crippen LogP) is 0.675. The Morgan fingerprint density at radius 1 is 1.39 bits per heavy atom. The monoisotopic (exact) mass is 251 g/mol. The number of rotatable bonds is 6. The fraction of sp³-hybridized carbons (Fsp3) is 0.846. The minimum Gasteiger partial charge on any atom is -0.481 e. The molecular formula is C13H21N3O2. The van der Waals surface area contributed by atoms with Gasteiger partial charge < -0.3 is 10.4 Å². The number of piperidine rings is 1. The lowest BCUT2D eigenvalue weighted by Crippen LogP contribution is -2.50. The van der Waals surface area contributed by atoms with E-state index in [9.17, 15) is 4.79 Å². The third-order valence-electron chi connectivity index (χ3n) is 3.76. The van der Waals surface area contributed by atoms with Gasteiger partial charge in [-0.2, -0.15) is 5.26 Å². The first-order valence-electron chi connectivity index (χ1n) is 6.72. The van der Waals surface area contributed by atoms with E-state index in [1.165, 1.54) is 12.8 Å². The van der Waals surface area contributed by atoms with Gasteiger partial charge in [0.15, 0.2) is 0 Å². The topological polar surface area (TPSA) is 76.4 Å². The minimum absolute atomic E-state index is 0.168. The summed E-state index contributed by atoms with van der Waals surface area (Å²) in [6.07, 6.45) is 3.77. The molecule has 1 heterocycles. The Balaban J connectivity index is 1.83. The van der Waals surface area contributed by atoms with Gasteiger partial charge >= 0.3 is 5.97 Å². The van der Waals surface area contributed by atoms with E-state index < -0.39 is 5.97 Å². The molecule has 0 aromatic rings. The Labute approximate surface area is 108 Å². The third kappa shape index (κ3) is 4.28. The van der Waals surface area contributed by atoms with Crippen molar-refractivity contribution in [1.82, 2.24) is 10.2 Å². The molecule has 5 heteroatoms. The Kier molecular flexibility index (Phi) is 4.56. The van der Waals surface area contributed by atoms with Crippen molar-refractivity contribution in [3.05, 3.63) is 0 Å². The zero-order valence-electron chi connectivity index (χ0n) is 10.6. The molecule has 1 aliphatic carbocycles. The molecule has 2 rings (SSSR count). The van der Waals surface area contributed by atoms with Gasteiger partial charge in [0, 0.05) is 25.6 Å². The second-order valence-electron chi connectivity index (χ2n) is 5.60. The second kappa shape index (κ2) is 6.17. The summed E-state index contributed by atoms with van der Waals surface area (Å²) in [4.78, 5) is 12.9. The molecule has 0 aromatic heterocycles. The van der Waals surface area contributed by atoms with Gasteiger partial charge in [0.25, 0.3) is 0 Å². The highest BCUT2D eigenvalue weighted by atomic mass is 16.4. The van der Waals surface area contributed by atoms with Crippen LogP contribution in [0.5, 0.6) is 0 Å². The van der Waals surface area contributed by atoms with E-state index in [1.807, 2.05) is 0 Å². The van der Waals surface area contributed by atoms with Crippen LogP contribution in [0.2, 0.25) is 0 Å². The number of carboxylic acid groups (broad SMARTS) is 1. The molecule has 0 aromatic carbocycles. The van der Waals surface area contributed by atoms with Crippen molar-refractivity contribution in [3.8, 4) is 6.07 Å². The van der Waals surface area contributed by atoms with Gasteiger partial charge in [-0.05, 0) is 37.6 Å². The maximum absolute atomic E-state index is 10.8. The van der Waals surface area contributed by atoms with Crippen LogP contribution < -0.4 is 5.32 Å². The highest BCUT2D eigenvalue weighted by molar-refractivity contribution is 5.67. The molecule has 0 bridgehead atoms. The van der Waals surface area contributed by atoms with Crippen molar-refractivity contribution in [2.75, 3.05) is 26.2 Å². The highest BCUT2D eigenvalue weighted by Gasteiger charge is 2.29. The van der Waals surface area contributed by atoms with E-state index in [0.29, 0.717) is 12.6 Å². The van der Waals surface area contributed by atoms with Crippen molar-refractivity contribution in [2.24, 2.45) is 11.8 Å². The number of nitriles is 1. The van der Waals surface area contributed by atoms with Crippen LogP contribution in [0.15, 0.2) is 0 Å². The molecule has 0 spiro atoms. The number of nitrogens with one attached hydrogen (secondary N) is 1. The van der Waals surface area contributed by atoms with Gasteiger partial charge in [0.05, 0.1) is 12.6 Å². The minimum atomic E-state index is -0.736. The molecule has 0 radical (unpaired) electrons. The maximum Gasteiger partial charge on any atom is 0.303 e. The highest BCUT2D eigenvalue weighted by Crippen LogP contribution is 2.28. The number of hydrogen-bond acceptors (Lipinski definition) is 4. The Morgan fingerprint density at radius 3 is 2.78 bits per heavy atom. The summed E-state index contributed by atoms with van der Waals surface area (Å²) in [5.74, 6) is 0.260. The van der Waals surface area contributed by atoms with Crippen LogP contribution in [0.3, 0.4) is 0 Å². The summed E-state index contributed by atoms with van der Waals surface area (Å²) in [6, 6.07) is 2.50. The molecule has 2 fully saturated rings. The van der Waals surface area contributed by atoms with Crippen molar-refractivity contribution < 1.29 is 9.90 Å². The zero-order valence-corrected chi connectivity index (χ0v) is 10.6. The molecule has 1 saturated heterocycles. The SMILES string of the molecule is N#CCN1CC(CC(=O)O)CC(NCC2CC2)C1. The standard InChI is InChI=1S/C13H21N3O2/c14-3-4-16-8-11(6-13(17)18)5-12(9-16)15-7-10-1-2-10/h10-12,15H,1-2,4-9H2,(H,17,18). The average molecular weight is 251 g/mol. The van der Waals surface area contributed by atoms with Gasteiger partial charge in [0.2, 0.25) is 0 Å². The first-order chi connectivity index (χ1) is 8.67. The summed E-state index contributed by atoms with van der Waals surface area (Å²) in [5, 5.41) is 21.2. The van der Waals surface area contributed by atoms with E-state index in [1.54, 1.807) is 0 Å². The second-order valence-corrected chi connectivity index (χ2v) is 5.60. The van der Waals surface area contributed by atoms with Crippen LogP contribution in [0.1, 0.15) is 25.7 Å².